The molecule has 30 heavy (non-hydrogen) atoms. The van der Waals surface area contributed by atoms with Crippen LogP contribution in [0.15, 0.2) is 40.4 Å². The molecule has 2 N–H and O–H groups in total. The van der Waals surface area contributed by atoms with Gasteiger partial charge in [0, 0.05) is 28.8 Å². The molecule has 10 heteroatoms. The minimum absolute atomic E-state index is 0.129. The standard InChI is InChI=1S/C20H21N7O2S/c1-11-10-21-20(29)26(11)16-8-6-5-7-15(16)23-17(28)9-14-12(2)22-18-24-19(30-4)25-27(18)13(14)3/h5-8,10H,9H2,1-4H3,(H,21,29)(H,23,28). The summed E-state index contributed by atoms with van der Waals surface area (Å²) in [6, 6.07) is 7.20. The molecule has 0 saturated carbocycles. The van der Waals surface area contributed by atoms with E-state index in [-0.39, 0.29) is 18.0 Å². The number of hydrogen-bond acceptors (Lipinski definition) is 6. The highest BCUT2D eigenvalue weighted by molar-refractivity contribution is 7.98. The summed E-state index contributed by atoms with van der Waals surface area (Å²) >= 11 is 1.44. The number of H-pyrrole nitrogens is 1. The molecule has 0 unspecified atom stereocenters. The first-order chi connectivity index (χ1) is 14.4. The van der Waals surface area contributed by atoms with Crippen LogP contribution in [0.3, 0.4) is 0 Å². The van der Waals surface area contributed by atoms with Crippen LogP contribution in [0.25, 0.3) is 11.5 Å². The summed E-state index contributed by atoms with van der Waals surface area (Å²) in [5, 5.41) is 7.99. The molecule has 4 aromatic rings. The number of nitrogens with zero attached hydrogens (tertiary/aromatic N) is 5. The maximum atomic E-state index is 12.9. The zero-order chi connectivity index (χ0) is 21.4. The summed E-state index contributed by atoms with van der Waals surface area (Å²) in [6.07, 6.45) is 3.67. The van der Waals surface area contributed by atoms with Crippen LogP contribution in [0.1, 0.15) is 22.6 Å². The second kappa shape index (κ2) is 7.79. The first kappa shape index (κ1) is 19.9. The van der Waals surface area contributed by atoms with E-state index in [4.69, 9.17) is 0 Å². The van der Waals surface area contributed by atoms with E-state index in [1.165, 1.54) is 16.3 Å². The number of thioether (sulfide) groups is 1. The Labute approximate surface area is 176 Å². The van der Waals surface area contributed by atoms with E-state index in [2.05, 4.69) is 25.4 Å². The molecule has 0 radical (unpaired) electrons. The lowest BCUT2D eigenvalue weighted by molar-refractivity contribution is -0.115. The number of anilines is 1. The molecule has 1 amide bonds. The lowest BCUT2D eigenvalue weighted by Crippen LogP contribution is -2.21. The van der Waals surface area contributed by atoms with Gasteiger partial charge >= 0.3 is 5.69 Å². The van der Waals surface area contributed by atoms with Gasteiger partial charge in [0.25, 0.3) is 5.78 Å². The fourth-order valence-electron chi connectivity index (χ4n) is 3.42. The van der Waals surface area contributed by atoms with E-state index in [9.17, 15) is 9.59 Å². The quantitative estimate of drug-likeness (QED) is 0.477. The van der Waals surface area contributed by atoms with E-state index in [0.29, 0.717) is 22.3 Å². The molecular formula is C20H21N7O2S. The number of hydrogen-bond donors (Lipinski definition) is 2. The number of nitrogens with one attached hydrogen (secondary N) is 2. The Morgan fingerprint density at radius 2 is 1.97 bits per heavy atom. The number of carbonyl (C=O) groups excluding carboxylic acids is 1. The molecule has 0 aliphatic rings. The van der Waals surface area contributed by atoms with E-state index in [0.717, 1.165) is 22.6 Å². The number of rotatable bonds is 5. The van der Waals surface area contributed by atoms with Crippen LogP contribution in [0.4, 0.5) is 5.69 Å². The molecule has 0 saturated heterocycles. The monoisotopic (exact) mass is 423 g/mol. The van der Waals surface area contributed by atoms with Crippen molar-refractivity contribution < 1.29 is 4.79 Å². The van der Waals surface area contributed by atoms with Crippen LogP contribution in [-0.2, 0) is 11.2 Å². The predicted molar refractivity (Wildman–Crippen MR) is 115 cm³/mol. The maximum Gasteiger partial charge on any atom is 0.330 e. The van der Waals surface area contributed by atoms with Crippen LogP contribution >= 0.6 is 11.8 Å². The second-order valence-electron chi connectivity index (χ2n) is 6.88. The number of aromatic nitrogens is 6. The van der Waals surface area contributed by atoms with Gasteiger partial charge < -0.3 is 10.3 Å². The van der Waals surface area contributed by atoms with Crippen LogP contribution in [0.5, 0.6) is 0 Å². The van der Waals surface area contributed by atoms with Crippen molar-refractivity contribution in [2.45, 2.75) is 32.3 Å². The van der Waals surface area contributed by atoms with Gasteiger partial charge in [-0.3, -0.25) is 9.36 Å². The Hall–Kier alpha value is -3.40. The molecule has 0 spiro atoms. The predicted octanol–water partition coefficient (Wildman–Crippen LogP) is 2.43. The lowest BCUT2D eigenvalue weighted by Gasteiger charge is -2.14. The van der Waals surface area contributed by atoms with Crippen molar-refractivity contribution in [1.82, 2.24) is 29.1 Å². The summed E-state index contributed by atoms with van der Waals surface area (Å²) in [7, 11) is 0. The second-order valence-corrected chi connectivity index (χ2v) is 7.66. The number of aromatic amines is 1. The van der Waals surface area contributed by atoms with Crippen molar-refractivity contribution in [3.8, 4) is 5.69 Å². The Bertz CT molecular complexity index is 1320. The van der Waals surface area contributed by atoms with Crippen LogP contribution in [-0.4, -0.2) is 41.3 Å². The number of para-hydroxylation sites is 2. The summed E-state index contributed by atoms with van der Waals surface area (Å²) in [5.41, 5.74) is 4.02. The number of aryl methyl sites for hydroxylation is 3. The molecular weight excluding hydrogens is 402 g/mol. The number of amides is 1. The molecule has 3 aromatic heterocycles. The molecule has 154 valence electrons. The number of fused-ring (bicyclic) bond motifs is 1. The summed E-state index contributed by atoms with van der Waals surface area (Å²) in [4.78, 5) is 36.6. The first-order valence-electron chi connectivity index (χ1n) is 9.32. The van der Waals surface area contributed by atoms with Crippen LogP contribution < -0.4 is 11.0 Å². The smallest absolute Gasteiger partial charge is 0.324 e. The molecule has 1 aromatic carbocycles. The number of imidazole rings is 1. The first-order valence-corrected chi connectivity index (χ1v) is 10.5. The highest BCUT2D eigenvalue weighted by Gasteiger charge is 2.17. The minimum atomic E-state index is -0.258. The average molecular weight is 424 g/mol. The fourth-order valence-corrected chi connectivity index (χ4v) is 3.75. The van der Waals surface area contributed by atoms with Gasteiger partial charge in [-0.2, -0.15) is 4.98 Å². The van der Waals surface area contributed by atoms with Crippen molar-refractivity contribution >= 4 is 29.1 Å². The molecule has 9 nitrogen and oxygen atoms in total. The number of carbonyl (C=O) groups is 1. The van der Waals surface area contributed by atoms with Gasteiger partial charge in [-0.05, 0) is 39.2 Å². The largest absolute Gasteiger partial charge is 0.330 e. The third-order valence-electron chi connectivity index (χ3n) is 4.93. The summed E-state index contributed by atoms with van der Waals surface area (Å²) in [5.74, 6) is 0.312. The highest BCUT2D eigenvalue weighted by atomic mass is 32.2. The van der Waals surface area contributed by atoms with E-state index in [1.807, 2.05) is 39.2 Å². The Balaban J connectivity index is 1.65. The molecule has 0 bridgehead atoms. The van der Waals surface area contributed by atoms with Crippen molar-refractivity contribution in [3.05, 3.63) is 63.6 Å². The van der Waals surface area contributed by atoms with Crippen molar-refractivity contribution in [2.24, 2.45) is 0 Å². The normalized spacial score (nSPS) is 11.2. The van der Waals surface area contributed by atoms with Gasteiger partial charge in [0.2, 0.25) is 11.1 Å². The molecule has 0 fully saturated rings. The molecule has 4 rings (SSSR count). The van der Waals surface area contributed by atoms with Crippen molar-refractivity contribution in [3.63, 3.8) is 0 Å². The van der Waals surface area contributed by atoms with Crippen molar-refractivity contribution in [2.75, 3.05) is 11.6 Å². The minimum Gasteiger partial charge on any atom is -0.324 e. The third kappa shape index (κ3) is 3.50. The van der Waals surface area contributed by atoms with Crippen molar-refractivity contribution in [1.29, 1.82) is 0 Å². The van der Waals surface area contributed by atoms with E-state index >= 15 is 0 Å². The molecule has 0 aliphatic heterocycles. The fraction of sp³-hybridized carbons (Fsp3) is 0.250. The van der Waals surface area contributed by atoms with Gasteiger partial charge in [-0.15, -0.1) is 5.10 Å². The number of benzene rings is 1. The zero-order valence-corrected chi connectivity index (χ0v) is 17.9. The maximum absolute atomic E-state index is 12.9. The molecule has 0 aliphatic carbocycles. The SMILES string of the molecule is CSc1nc2nc(C)c(CC(=O)Nc3ccccc3-n3c(C)c[nH]c3=O)c(C)n2n1. The summed E-state index contributed by atoms with van der Waals surface area (Å²) in [6.45, 7) is 5.59. The van der Waals surface area contributed by atoms with Gasteiger partial charge in [0.1, 0.15) is 0 Å². The third-order valence-corrected chi connectivity index (χ3v) is 5.47. The van der Waals surface area contributed by atoms with Gasteiger partial charge in [0.15, 0.2) is 0 Å². The van der Waals surface area contributed by atoms with E-state index < -0.39 is 0 Å². The molecule has 3 heterocycles. The Kier molecular flexibility index (Phi) is 5.17. The topological polar surface area (TPSA) is 110 Å². The molecule has 0 atom stereocenters. The Morgan fingerprint density at radius 3 is 2.67 bits per heavy atom. The van der Waals surface area contributed by atoms with Gasteiger partial charge in [0.05, 0.1) is 17.8 Å². The van der Waals surface area contributed by atoms with Gasteiger partial charge in [-0.1, -0.05) is 23.9 Å². The highest BCUT2D eigenvalue weighted by Crippen LogP contribution is 2.21. The van der Waals surface area contributed by atoms with Gasteiger partial charge in [-0.25, -0.2) is 14.3 Å². The zero-order valence-electron chi connectivity index (χ0n) is 17.1. The Morgan fingerprint density at radius 1 is 1.20 bits per heavy atom. The summed E-state index contributed by atoms with van der Waals surface area (Å²) < 4.78 is 3.19. The van der Waals surface area contributed by atoms with Crippen LogP contribution in [0, 0.1) is 20.8 Å². The lowest BCUT2D eigenvalue weighted by atomic mass is 10.1. The van der Waals surface area contributed by atoms with Crippen LogP contribution in [0.2, 0.25) is 0 Å². The average Bonchev–Trinajstić information content (AvgIpc) is 3.28. The van der Waals surface area contributed by atoms with E-state index in [1.54, 1.807) is 22.8 Å².